The fourth-order valence-corrected chi connectivity index (χ4v) is 3.38. The summed E-state index contributed by atoms with van der Waals surface area (Å²) in [6.07, 6.45) is 3.20. The van der Waals surface area contributed by atoms with Crippen LogP contribution in [0.4, 0.5) is 8.78 Å². The first-order valence-electron chi connectivity index (χ1n) is 10.0. The van der Waals surface area contributed by atoms with Gasteiger partial charge in [-0.3, -0.25) is 0 Å². The lowest BCUT2D eigenvalue weighted by atomic mass is 9.93. The molecule has 0 N–H and O–H groups in total. The lowest BCUT2D eigenvalue weighted by Gasteiger charge is -2.28. The summed E-state index contributed by atoms with van der Waals surface area (Å²) in [5.74, 6) is -1.75. The van der Waals surface area contributed by atoms with Gasteiger partial charge in [-0.1, -0.05) is 49.9 Å². The minimum absolute atomic E-state index is 0.276. The highest BCUT2D eigenvalue weighted by atomic mass is 19.3. The van der Waals surface area contributed by atoms with E-state index in [1.54, 1.807) is 35.3 Å². The third-order valence-electron chi connectivity index (χ3n) is 5.56. The van der Waals surface area contributed by atoms with E-state index < -0.39 is 5.92 Å². The number of halogens is 2. The molecule has 0 aliphatic carbocycles. The maximum absolute atomic E-state index is 13.2. The highest BCUT2D eigenvalue weighted by molar-refractivity contribution is 5.55. The van der Waals surface area contributed by atoms with E-state index >= 15 is 0 Å². The van der Waals surface area contributed by atoms with Crippen molar-refractivity contribution >= 4 is 0 Å². The fourth-order valence-electron chi connectivity index (χ4n) is 3.38. The summed E-state index contributed by atoms with van der Waals surface area (Å²) in [5.41, 5.74) is 3.54. The Morgan fingerprint density at radius 1 is 1.10 bits per heavy atom. The van der Waals surface area contributed by atoms with Crippen molar-refractivity contribution in [1.82, 2.24) is 19.7 Å². The molecule has 0 spiro atoms. The molecule has 0 bridgehead atoms. The molecule has 158 valence electrons. The van der Waals surface area contributed by atoms with Crippen LogP contribution in [0.3, 0.4) is 0 Å². The van der Waals surface area contributed by atoms with Crippen LogP contribution in [-0.4, -0.2) is 38.7 Å². The molecular formula is C24H28F2N4. The summed E-state index contributed by atoms with van der Waals surface area (Å²) >= 11 is 0. The number of benzene rings is 2. The normalized spacial score (nSPS) is 13.7. The van der Waals surface area contributed by atoms with Gasteiger partial charge < -0.3 is 4.90 Å². The standard InChI is InChI=1S/C24H28F2N4/c1-6-29(5)18(3)17(2)20-9-11-21(12-10-20)23-27-16-30(28-23)22-13-7-19(8-14-22)15-24(4,25)26/h6-14,16-18H,1,15H2,2-5H3. The summed E-state index contributed by atoms with van der Waals surface area (Å²) < 4.78 is 28.0. The molecule has 1 heterocycles. The van der Waals surface area contributed by atoms with Crippen molar-refractivity contribution in [3.05, 3.63) is 78.8 Å². The van der Waals surface area contributed by atoms with Gasteiger partial charge in [0.25, 0.3) is 0 Å². The van der Waals surface area contributed by atoms with Gasteiger partial charge in [-0.2, -0.15) is 0 Å². The van der Waals surface area contributed by atoms with Gasteiger partial charge in [-0.25, -0.2) is 18.4 Å². The first-order chi connectivity index (χ1) is 14.2. The molecule has 4 nitrogen and oxygen atoms in total. The average Bonchev–Trinajstić information content (AvgIpc) is 3.22. The van der Waals surface area contributed by atoms with Crippen molar-refractivity contribution in [3.63, 3.8) is 0 Å². The second kappa shape index (κ2) is 8.78. The second-order valence-corrected chi connectivity index (χ2v) is 7.93. The van der Waals surface area contributed by atoms with Gasteiger partial charge in [0.05, 0.1) is 5.69 Å². The molecular weight excluding hydrogens is 382 g/mol. The van der Waals surface area contributed by atoms with Gasteiger partial charge in [0.1, 0.15) is 6.33 Å². The molecule has 0 amide bonds. The SMILES string of the molecule is C=CN(C)C(C)C(C)c1ccc(-c2ncn(-c3ccc(CC(C)(F)F)cc3)n2)cc1. The minimum atomic E-state index is -2.72. The van der Waals surface area contributed by atoms with Crippen LogP contribution >= 0.6 is 0 Å². The first kappa shape index (κ1) is 21.7. The van der Waals surface area contributed by atoms with Crippen LogP contribution in [0, 0.1) is 0 Å². The Kier molecular flexibility index (Phi) is 6.34. The lowest BCUT2D eigenvalue weighted by molar-refractivity contribution is 0.0226. The zero-order chi connectivity index (χ0) is 21.9. The van der Waals surface area contributed by atoms with Gasteiger partial charge in [0, 0.05) is 31.0 Å². The molecule has 30 heavy (non-hydrogen) atoms. The fraction of sp³-hybridized carbons (Fsp3) is 0.333. The van der Waals surface area contributed by atoms with Crippen LogP contribution in [-0.2, 0) is 6.42 Å². The number of rotatable bonds is 8. The highest BCUT2D eigenvalue weighted by Crippen LogP contribution is 2.25. The van der Waals surface area contributed by atoms with Crippen molar-refractivity contribution in [2.45, 2.75) is 45.1 Å². The summed E-state index contributed by atoms with van der Waals surface area (Å²) in [7, 11) is 2.03. The van der Waals surface area contributed by atoms with E-state index in [1.165, 1.54) is 5.56 Å². The maximum Gasteiger partial charge on any atom is 0.249 e. The molecule has 2 aromatic carbocycles. The van der Waals surface area contributed by atoms with E-state index in [0.717, 1.165) is 18.2 Å². The molecule has 0 fully saturated rings. The smallest absolute Gasteiger partial charge is 0.249 e. The Bertz CT molecular complexity index is 972. The summed E-state index contributed by atoms with van der Waals surface area (Å²) in [6.45, 7) is 9.13. The molecule has 2 atom stereocenters. The molecule has 3 aromatic rings. The first-order valence-corrected chi connectivity index (χ1v) is 10.0. The Morgan fingerprint density at radius 3 is 2.30 bits per heavy atom. The predicted molar refractivity (Wildman–Crippen MR) is 117 cm³/mol. The van der Waals surface area contributed by atoms with Crippen LogP contribution in [0.5, 0.6) is 0 Å². The molecule has 0 aliphatic heterocycles. The van der Waals surface area contributed by atoms with E-state index in [2.05, 4.69) is 47.5 Å². The van der Waals surface area contributed by atoms with Crippen LogP contribution < -0.4 is 0 Å². The Morgan fingerprint density at radius 2 is 1.73 bits per heavy atom. The van der Waals surface area contributed by atoms with Crippen molar-refractivity contribution < 1.29 is 8.78 Å². The Labute approximate surface area is 176 Å². The lowest BCUT2D eigenvalue weighted by Crippen LogP contribution is -2.28. The zero-order valence-electron chi connectivity index (χ0n) is 17.9. The molecule has 0 saturated heterocycles. The summed E-state index contributed by atoms with van der Waals surface area (Å²) in [5, 5.41) is 4.54. The van der Waals surface area contributed by atoms with E-state index in [0.29, 0.717) is 23.3 Å². The minimum Gasteiger partial charge on any atom is -0.378 e. The molecule has 0 saturated carbocycles. The third kappa shape index (κ3) is 5.12. The van der Waals surface area contributed by atoms with Crippen molar-refractivity contribution in [1.29, 1.82) is 0 Å². The Hall–Kier alpha value is -3.02. The molecule has 1 aromatic heterocycles. The van der Waals surface area contributed by atoms with Crippen LogP contribution in [0.15, 0.2) is 67.6 Å². The molecule has 3 rings (SSSR count). The molecule has 0 aliphatic rings. The van der Waals surface area contributed by atoms with Crippen molar-refractivity contribution in [2.24, 2.45) is 0 Å². The monoisotopic (exact) mass is 410 g/mol. The van der Waals surface area contributed by atoms with Crippen LogP contribution in [0.1, 0.15) is 37.8 Å². The number of likely N-dealkylation sites (N-methyl/N-ethyl adjacent to an activating group) is 1. The number of alkyl halides is 2. The summed E-state index contributed by atoms with van der Waals surface area (Å²) in [4.78, 5) is 6.51. The van der Waals surface area contributed by atoms with Gasteiger partial charge in [-0.15, -0.1) is 5.10 Å². The number of hydrogen-bond acceptors (Lipinski definition) is 3. The topological polar surface area (TPSA) is 34.0 Å². The third-order valence-corrected chi connectivity index (χ3v) is 5.56. The zero-order valence-corrected chi connectivity index (χ0v) is 17.9. The quantitative estimate of drug-likeness (QED) is 0.478. The number of nitrogens with zero attached hydrogens (tertiary/aromatic N) is 4. The maximum atomic E-state index is 13.2. The number of hydrogen-bond donors (Lipinski definition) is 0. The molecule has 6 heteroatoms. The molecule has 0 radical (unpaired) electrons. The van der Waals surface area contributed by atoms with E-state index in [1.807, 2.05) is 25.4 Å². The highest BCUT2D eigenvalue weighted by Gasteiger charge is 2.21. The van der Waals surface area contributed by atoms with E-state index in [9.17, 15) is 8.78 Å². The van der Waals surface area contributed by atoms with Crippen LogP contribution in [0.2, 0.25) is 0 Å². The Balaban J connectivity index is 1.74. The molecule has 2 unspecified atom stereocenters. The van der Waals surface area contributed by atoms with Crippen LogP contribution in [0.25, 0.3) is 17.1 Å². The van der Waals surface area contributed by atoms with Gasteiger partial charge >= 0.3 is 0 Å². The average molecular weight is 411 g/mol. The van der Waals surface area contributed by atoms with Gasteiger partial charge in [0.15, 0.2) is 5.82 Å². The van der Waals surface area contributed by atoms with Gasteiger partial charge in [-0.05, 0) is 43.3 Å². The van der Waals surface area contributed by atoms with E-state index in [-0.39, 0.29) is 6.42 Å². The summed E-state index contributed by atoms with van der Waals surface area (Å²) in [6, 6.07) is 15.6. The predicted octanol–water partition coefficient (Wildman–Crippen LogP) is 5.70. The van der Waals surface area contributed by atoms with Crippen molar-refractivity contribution in [2.75, 3.05) is 7.05 Å². The van der Waals surface area contributed by atoms with Gasteiger partial charge in [0.2, 0.25) is 5.92 Å². The second-order valence-electron chi connectivity index (χ2n) is 7.93. The van der Waals surface area contributed by atoms with Crippen molar-refractivity contribution in [3.8, 4) is 17.1 Å². The largest absolute Gasteiger partial charge is 0.378 e. The van der Waals surface area contributed by atoms with E-state index in [4.69, 9.17) is 0 Å². The number of aromatic nitrogens is 3.